The maximum atomic E-state index is 12.6. The molecule has 0 unspecified atom stereocenters. The highest BCUT2D eigenvalue weighted by Gasteiger charge is 2.36. The predicted molar refractivity (Wildman–Crippen MR) is 234 cm³/mol. The second-order valence-corrected chi connectivity index (χ2v) is 16.7. The van der Waals surface area contributed by atoms with Crippen molar-refractivity contribution < 1.29 is 52.7 Å². The molecular weight excluding hydrogens is 1060 g/mol. The van der Waals surface area contributed by atoms with Crippen molar-refractivity contribution in [3.63, 3.8) is 0 Å². The minimum atomic E-state index is -4.53. The van der Waals surface area contributed by atoms with E-state index >= 15 is 0 Å². The van der Waals surface area contributed by atoms with Crippen molar-refractivity contribution in [3.05, 3.63) is 160 Å². The molecule has 0 radical (unpaired) electrons. The van der Waals surface area contributed by atoms with Crippen LogP contribution < -0.4 is 0 Å². The first kappa shape index (κ1) is 51.6. The molecule has 0 saturated carbocycles. The van der Waals surface area contributed by atoms with Gasteiger partial charge in [-0.15, -0.1) is 0 Å². The molecule has 0 bridgehead atoms. The van der Waals surface area contributed by atoms with Gasteiger partial charge in [-0.25, -0.2) is 19.9 Å². The molecule has 8 aromatic rings. The number of benzene rings is 4. The lowest BCUT2D eigenvalue weighted by Crippen LogP contribution is -2.08. The summed E-state index contributed by atoms with van der Waals surface area (Å²) in [7, 11) is 0. The summed E-state index contributed by atoms with van der Waals surface area (Å²) in [5, 5.41) is 2.30. The van der Waals surface area contributed by atoms with Gasteiger partial charge in [0.15, 0.2) is 0 Å². The van der Waals surface area contributed by atoms with Crippen LogP contribution in [0.3, 0.4) is 0 Å². The van der Waals surface area contributed by atoms with Crippen molar-refractivity contribution in [2.24, 2.45) is 0 Å². The van der Waals surface area contributed by atoms with Crippen LogP contribution in [0, 0.1) is 20.8 Å². The van der Waals surface area contributed by atoms with Crippen molar-refractivity contribution in [2.45, 2.75) is 45.5 Å². The summed E-state index contributed by atoms with van der Waals surface area (Å²) in [6, 6.07) is 21.2. The number of halogens is 18. The average Bonchev–Trinajstić information content (AvgIpc) is 3.18. The monoisotopic (exact) mass is 1080 g/mol. The summed E-state index contributed by atoms with van der Waals surface area (Å²) in [5.74, 6) is 0. The summed E-state index contributed by atoms with van der Waals surface area (Å²) in [6.07, 6.45) is -18.0. The molecular formula is C43H24BrCl5F12N4. The molecule has 0 atom stereocenters. The number of aryl methyl sites for hydroxylation is 3. The van der Waals surface area contributed by atoms with Crippen LogP contribution in [0.4, 0.5) is 52.7 Å². The minimum Gasteiger partial charge on any atom is -0.243 e. The lowest BCUT2D eigenvalue weighted by Gasteiger charge is -2.10. The Morgan fingerprint density at radius 3 is 1.28 bits per heavy atom. The normalized spacial score (nSPS) is 12.1. The maximum absolute atomic E-state index is 12.6. The molecule has 4 aromatic heterocycles. The van der Waals surface area contributed by atoms with Crippen molar-refractivity contribution in [3.8, 4) is 0 Å². The number of hydrogen-bond donors (Lipinski definition) is 0. The lowest BCUT2D eigenvalue weighted by atomic mass is 10.1. The number of alkyl halides is 12. The van der Waals surface area contributed by atoms with Gasteiger partial charge >= 0.3 is 24.7 Å². The van der Waals surface area contributed by atoms with Crippen molar-refractivity contribution in [2.75, 3.05) is 0 Å². The Balaban J connectivity index is 0.000000163. The van der Waals surface area contributed by atoms with Crippen LogP contribution in [-0.4, -0.2) is 19.9 Å². The van der Waals surface area contributed by atoms with Gasteiger partial charge in [0.2, 0.25) is 0 Å². The standard InChI is InChI=1S/C12H9ClF3N.C11H7ClF3N.C10H4BrClF3N.C10H4Cl2F3N/c1-6-3-7(2)11-8(4-6)9(13)5-10(17-11)12(14,15)16;1-6-2-3-9-7(4-6)8(12)5-10(16-9)11(13,14)15;11-5-1-2-8-6(3-5)7(12)4-9(16-8)10(13,14)15;11-6-3-1-2-5-7(12)4-8(10(13,14)15)16-9(5)6/h3-5H,1-2H3;2-5H,1H3;2*1-4H. The largest absolute Gasteiger partial charge is 0.433 e. The van der Waals surface area contributed by atoms with E-state index in [-0.39, 0.29) is 41.7 Å². The smallest absolute Gasteiger partial charge is 0.243 e. The van der Waals surface area contributed by atoms with Crippen LogP contribution in [0.2, 0.25) is 25.1 Å². The van der Waals surface area contributed by atoms with E-state index in [0.29, 0.717) is 32.6 Å². The Kier molecular flexibility index (Phi) is 15.7. The highest BCUT2D eigenvalue weighted by atomic mass is 79.9. The van der Waals surface area contributed by atoms with Gasteiger partial charge in [-0.3, -0.25) is 0 Å². The van der Waals surface area contributed by atoms with Crippen LogP contribution in [0.5, 0.6) is 0 Å². The average molecular weight is 1080 g/mol. The molecule has 0 spiro atoms. The van der Waals surface area contributed by atoms with E-state index < -0.39 is 47.5 Å². The molecule has 342 valence electrons. The quantitative estimate of drug-likeness (QED) is 0.142. The summed E-state index contributed by atoms with van der Waals surface area (Å²) >= 11 is 32.2. The van der Waals surface area contributed by atoms with E-state index in [9.17, 15) is 52.7 Å². The fourth-order valence-corrected chi connectivity index (χ4v) is 7.44. The molecule has 0 N–H and O–H groups in total. The molecule has 0 saturated heterocycles. The summed E-state index contributed by atoms with van der Waals surface area (Å²) in [6.45, 7) is 5.42. The van der Waals surface area contributed by atoms with Gasteiger partial charge in [-0.2, -0.15) is 52.7 Å². The Bertz CT molecular complexity index is 2950. The third-order valence-electron chi connectivity index (χ3n) is 8.73. The Hall–Kier alpha value is -4.39. The van der Waals surface area contributed by atoms with Crippen LogP contribution in [0.1, 0.15) is 39.5 Å². The van der Waals surface area contributed by atoms with Gasteiger partial charge in [0.05, 0.1) is 47.2 Å². The van der Waals surface area contributed by atoms with E-state index in [1.807, 2.05) is 13.8 Å². The lowest BCUT2D eigenvalue weighted by molar-refractivity contribution is -0.141. The molecule has 0 aliphatic rings. The Labute approximate surface area is 393 Å². The van der Waals surface area contributed by atoms with Crippen molar-refractivity contribution >= 4 is 118 Å². The molecule has 0 aliphatic carbocycles. The van der Waals surface area contributed by atoms with Crippen molar-refractivity contribution in [1.29, 1.82) is 0 Å². The fourth-order valence-electron chi connectivity index (χ4n) is 5.85. The topological polar surface area (TPSA) is 51.6 Å². The zero-order valence-corrected chi connectivity index (χ0v) is 38.1. The maximum Gasteiger partial charge on any atom is 0.433 e. The summed E-state index contributed by atoms with van der Waals surface area (Å²) in [5.41, 5.74) is -0.545. The number of rotatable bonds is 0. The summed E-state index contributed by atoms with van der Waals surface area (Å²) < 4.78 is 151. The first-order valence-corrected chi connectivity index (χ1v) is 20.6. The molecule has 8 rings (SSSR count). The third-order valence-corrected chi connectivity index (χ3v) is 10.8. The third kappa shape index (κ3) is 12.9. The van der Waals surface area contributed by atoms with Crippen LogP contribution in [-0.2, 0) is 24.7 Å². The van der Waals surface area contributed by atoms with E-state index in [1.165, 1.54) is 18.2 Å². The van der Waals surface area contributed by atoms with Gasteiger partial charge in [0.1, 0.15) is 22.8 Å². The van der Waals surface area contributed by atoms with Gasteiger partial charge in [0, 0.05) is 26.0 Å². The SMILES string of the molecule is Cc1cc(C)c2nc(C(F)(F)F)cc(Cl)c2c1.Cc1ccc2nc(C(F)(F)F)cc(Cl)c2c1.FC(F)(F)c1cc(Cl)c2cc(Br)ccc2n1.FC(F)(F)c1cc(Cl)c2cccc(Cl)c2n1. The van der Waals surface area contributed by atoms with Crippen molar-refractivity contribution in [1.82, 2.24) is 19.9 Å². The zero-order chi connectivity index (χ0) is 48.6. The molecule has 0 fully saturated rings. The second kappa shape index (κ2) is 19.8. The number of hydrogen-bond acceptors (Lipinski definition) is 4. The van der Waals surface area contributed by atoms with E-state index in [1.54, 1.807) is 55.5 Å². The Morgan fingerprint density at radius 2 is 0.785 bits per heavy atom. The number of para-hydroxylation sites is 1. The number of aromatic nitrogens is 4. The number of nitrogens with zero attached hydrogens (tertiary/aromatic N) is 4. The van der Waals surface area contributed by atoms with E-state index in [4.69, 9.17) is 58.0 Å². The molecule has 4 aromatic carbocycles. The second-order valence-electron chi connectivity index (χ2n) is 13.7. The number of fused-ring (bicyclic) bond motifs is 4. The first-order valence-electron chi connectivity index (χ1n) is 17.9. The van der Waals surface area contributed by atoms with Crippen LogP contribution in [0.15, 0.2) is 95.5 Å². The molecule has 4 nitrogen and oxygen atoms in total. The van der Waals surface area contributed by atoms with E-state index in [0.717, 1.165) is 39.9 Å². The van der Waals surface area contributed by atoms with Gasteiger partial charge in [-0.05, 0) is 93.1 Å². The highest BCUT2D eigenvalue weighted by Crippen LogP contribution is 2.38. The van der Waals surface area contributed by atoms with E-state index in [2.05, 4.69) is 35.9 Å². The predicted octanol–water partition coefficient (Wildman–Crippen LogP) is 18.0. The molecule has 4 heterocycles. The zero-order valence-electron chi connectivity index (χ0n) is 32.8. The van der Waals surface area contributed by atoms with Gasteiger partial charge in [0.25, 0.3) is 0 Å². The molecule has 0 amide bonds. The van der Waals surface area contributed by atoms with Gasteiger partial charge in [-0.1, -0.05) is 109 Å². The molecule has 65 heavy (non-hydrogen) atoms. The highest BCUT2D eigenvalue weighted by molar-refractivity contribution is 9.10. The van der Waals surface area contributed by atoms with Crippen LogP contribution in [0.25, 0.3) is 43.6 Å². The minimum absolute atomic E-state index is 0.0141. The number of pyridine rings is 4. The molecule has 22 heteroatoms. The fraction of sp³-hybridized carbons (Fsp3) is 0.163. The summed E-state index contributed by atoms with van der Waals surface area (Å²) in [4.78, 5) is 14.2. The molecule has 0 aliphatic heterocycles. The Morgan fingerprint density at radius 1 is 0.385 bits per heavy atom. The van der Waals surface area contributed by atoms with Gasteiger partial charge < -0.3 is 0 Å². The van der Waals surface area contributed by atoms with Crippen LogP contribution >= 0.6 is 73.9 Å². The first-order chi connectivity index (χ1) is 29.9.